The predicted molar refractivity (Wildman–Crippen MR) is 79.6 cm³/mol. The zero-order chi connectivity index (χ0) is 14.8. The largest absolute Gasteiger partial charge is 0.444 e. The summed E-state index contributed by atoms with van der Waals surface area (Å²) in [5, 5.41) is 3.43. The van der Waals surface area contributed by atoms with E-state index in [4.69, 9.17) is 4.74 Å². The molecular formula is C16H24N2O2. The number of nitrogens with zero attached hydrogens (tertiary/aromatic N) is 1. The van der Waals surface area contributed by atoms with E-state index in [1.54, 1.807) is 0 Å². The molecule has 4 heteroatoms. The number of carbonyl (C=O) groups is 1. The minimum absolute atomic E-state index is 0.0299. The van der Waals surface area contributed by atoms with E-state index in [9.17, 15) is 4.79 Å². The van der Waals surface area contributed by atoms with Gasteiger partial charge in [-0.25, -0.2) is 4.79 Å². The van der Waals surface area contributed by atoms with Crippen LogP contribution in [0.4, 0.5) is 4.79 Å². The fourth-order valence-electron chi connectivity index (χ4n) is 2.41. The Hall–Kier alpha value is -1.55. The third kappa shape index (κ3) is 3.73. The van der Waals surface area contributed by atoms with Crippen LogP contribution in [-0.4, -0.2) is 35.7 Å². The van der Waals surface area contributed by atoms with Crippen LogP contribution in [0.2, 0.25) is 0 Å². The molecule has 0 unspecified atom stereocenters. The number of hydrogen-bond acceptors (Lipinski definition) is 3. The third-order valence-corrected chi connectivity index (χ3v) is 3.32. The molecule has 1 N–H and O–H groups in total. The van der Waals surface area contributed by atoms with Gasteiger partial charge < -0.3 is 10.1 Å². The minimum Gasteiger partial charge on any atom is -0.444 e. The summed E-state index contributed by atoms with van der Waals surface area (Å²) >= 11 is 0. The van der Waals surface area contributed by atoms with Crippen molar-refractivity contribution in [2.24, 2.45) is 0 Å². The van der Waals surface area contributed by atoms with Gasteiger partial charge in [0, 0.05) is 19.1 Å². The van der Waals surface area contributed by atoms with E-state index in [1.807, 2.05) is 43.9 Å². The van der Waals surface area contributed by atoms with Gasteiger partial charge in [-0.1, -0.05) is 30.3 Å². The SMILES string of the molecule is C[C@@H]1CN(C(=O)OC(C)(C)C)[C@H](c2ccccc2)CN1. The van der Waals surface area contributed by atoms with Crippen molar-refractivity contribution in [2.75, 3.05) is 13.1 Å². The molecule has 1 aliphatic rings. The Labute approximate surface area is 121 Å². The van der Waals surface area contributed by atoms with Crippen LogP contribution in [0.1, 0.15) is 39.3 Å². The molecule has 1 aromatic carbocycles. The molecule has 1 amide bonds. The van der Waals surface area contributed by atoms with Crippen molar-refractivity contribution in [1.82, 2.24) is 10.2 Å². The van der Waals surface area contributed by atoms with E-state index in [1.165, 1.54) is 0 Å². The zero-order valence-electron chi connectivity index (χ0n) is 12.7. The highest BCUT2D eigenvalue weighted by Gasteiger charge is 2.33. The van der Waals surface area contributed by atoms with Gasteiger partial charge in [-0.05, 0) is 33.3 Å². The number of ether oxygens (including phenoxy) is 1. The normalized spacial score (nSPS) is 23.5. The van der Waals surface area contributed by atoms with E-state index < -0.39 is 5.60 Å². The van der Waals surface area contributed by atoms with E-state index >= 15 is 0 Å². The molecular weight excluding hydrogens is 252 g/mol. The second-order valence-electron chi connectivity index (χ2n) is 6.37. The van der Waals surface area contributed by atoms with E-state index in [0.29, 0.717) is 6.54 Å². The average Bonchev–Trinajstić information content (AvgIpc) is 2.37. The number of amides is 1. The maximum atomic E-state index is 12.4. The standard InChI is InChI=1S/C16H24N2O2/c1-12-11-18(15(19)20-16(2,3)4)14(10-17-12)13-8-6-5-7-9-13/h5-9,12,14,17H,10-11H2,1-4H3/t12-,14+/m1/s1. The number of carbonyl (C=O) groups excluding carboxylic acids is 1. The maximum absolute atomic E-state index is 12.4. The predicted octanol–water partition coefficient (Wildman–Crippen LogP) is 2.96. The Morgan fingerprint density at radius 3 is 2.55 bits per heavy atom. The minimum atomic E-state index is -0.466. The van der Waals surface area contributed by atoms with Crippen molar-refractivity contribution in [3.8, 4) is 0 Å². The van der Waals surface area contributed by atoms with Crippen LogP contribution in [0.5, 0.6) is 0 Å². The molecule has 1 heterocycles. The first kappa shape index (κ1) is 14.9. The molecule has 1 aliphatic heterocycles. The molecule has 1 saturated heterocycles. The lowest BCUT2D eigenvalue weighted by atomic mass is 10.0. The Balaban J connectivity index is 2.19. The molecule has 110 valence electrons. The van der Waals surface area contributed by atoms with Gasteiger partial charge in [-0.15, -0.1) is 0 Å². The molecule has 1 aromatic rings. The third-order valence-electron chi connectivity index (χ3n) is 3.32. The highest BCUT2D eigenvalue weighted by molar-refractivity contribution is 5.69. The molecule has 0 aromatic heterocycles. The van der Waals surface area contributed by atoms with Crippen LogP contribution >= 0.6 is 0 Å². The first-order valence-electron chi connectivity index (χ1n) is 7.15. The molecule has 20 heavy (non-hydrogen) atoms. The summed E-state index contributed by atoms with van der Waals surface area (Å²) < 4.78 is 5.54. The summed E-state index contributed by atoms with van der Waals surface area (Å²) in [5.41, 5.74) is 0.671. The second-order valence-corrected chi connectivity index (χ2v) is 6.37. The van der Waals surface area contributed by atoms with Crippen LogP contribution in [0.15, 0.2) is 30.3 Å². The number of nitrogens with one attached hydrogen (secondary N) is 1. The summed E-state index contributed by atoms with van der Waals surface area (Å²) in [6.45, 7) is 9.19. The lowest BCUT2D eigenvalue weighted by Gasteiger charge is -2.40. The van der Waals surface area contributed by atoms with Crippen molar-refractivity contribution in [3.05, 3.63) is 35.9 Å². The topological polar surface area (TPSA) is 41.6 Å². The molecule has 0 spiro atoms. The van der Waals surface area contributed by atoms with Gasteiger partial charge in [0.05, 0.1) is 6.04 Å². The number of rotatable bonds is 1. The Bertz CT molecular complexity index is 453. The van der Waals surface area contributed by atoms with Crippen LogP contribution in [-0.2, 0) is 4.74 Å². The summed E-state index contributed by atoms with van der Waals surface area (Å²) in [4.78, 5) is 14.3. The van der Waals surface area contributed by atoms with Gasteiger partial charge in [0.25, 0.3) is 0 Å². The smallest absolute Gasteiger partial charge is 0.410 e. The van der Waals surface area contributed by atoms with E-state index in [2.05, 4.69) is 24.4 Å². The monoisotopic (exact) mass is 276 g/mol. The highest BCUT2D eigenvalue weighted by Crippen LogP contribution is 2.25. The quantitative estimate of drug-likeness (QED) is 0.857. The van der Waals surface area contributed by atoms with Gasteiger partial charge in [0.1, 0.15) is 5.60 Å². The van der Waals surface area contributed by atoms with E-state index in [0.717, 1.165) is 12.1 Å². The van der Waals surface area contributed by atoms with Crippen molar-refractivity contribution in [3.63, 3.8) is 0 Å². The molecule has 2 rings (SSSR count). The average molecular weight is 276 g/mol. The molecule has 1 fully saturated rings. The van der Waals surface area contributed by atoms with Gasteiger partial charge in [-0.2, -0.15) is 0 Å². The van der Waals surface area contributed by atoms with Crippen LogP contribution < -0.4 is 5.32 Å². The fraction of sp³-hybridized carbons (Fsp3) is 0.562. The van der Waals surface area contributed by atoms with Crippen molar-refractivity contribution in [2.45, 2.75) is 45.4 Å². The van der Waals surface area contributed by atoms with Crippen LogP contribution in [0, 0.1) is 0 Å². The molecule has 0 aliphatic carbocycles. The first-order chi connectivity index (χ1) is 9.37. The lowest BCUT2D eigenvalue weighted by molar-refractivity contribution is 0.00787. The summed E-state index contributed by atoms with van der Waals surface area (Å²) in [5.74, 6) is 0. The zero-order valence-corrected chi connectivity index (χ0v) is 12.7. The van der Waals surface area contributed by atoms with E-state index in [-0.39, 0.29) is 18.2 Å². The fourth-order valence-corrected chi connectivity index (χ4v) is 2.41. The lowest BCUT2D eigenvalue weighted by Crippen LogP contribution is -2.54. The molecule has 0 radical (unpaired) electrons. The molecule has 0 saturated carbocycles. The van der Waals surface area contributed by atoms with Crippen molar-refractivity contribution < 1.29 is 9.53 Å². The van der Waals surface area contributed by atoms with Crippen LogP contribution in [0.25, 0.3) is 0 Å². The Morgan fingerprint density at radius 1 is 1.30 bits per heavy atom. The molecule has 2 atom stereocenters. The van der Waals surface area contributed by atoms with Gasteiger partial charge in [0.2, 0.25) is 0 Å². The maximum Gasteiger partial charge on any atom is 0.410 e. The Morgan fingerprint density at radius 2 is 1.95 bits per heavy atom. The summed E-state index contributed by atoms with van der Waals surface area (Å²) in [6.07, 6.45) is -0.236. The van der Waals surface area contributed by atoms with Gasteiger partial charge >= 0.3 is 6.09 Å². The van der Waals surface area contributed by atoms with Crippen molar-refractivity contribution in [1.29, 1.82) is 0 Å². The van der Waals surface area contributed by atoms with Crippen LogP contribution in [0.3, 0.4) is 0 Å². The number of hydrogen-bond donors (Lipinski definition) is 1. The first-order valence-corrected chi connectivity index (χ1v) is 7.15. The van der Waals surface area contributed by atoms with Gasteiger partial charge in [0.15, 0.2) is 0 Å². The highest BCUT2D eigenvalue weighted by atomic mass is 16.6. The summed E-state index contributed by atoms with van der Waals surface area (Å²) in [6, 6.07) is 10.4. The second kappa shape index (κ2) is 5.83. The molecule has 0 bridgehead atoms. The molecule has 4 nitrogen and oxygen atoms in total. The van der Waals surface area contributed by atoms with Crippen molar-refractivity contribution >= 4 is 6.09 Å². The Kier molecular flexibility index (Phi) is 4.33. The van der Waals surface area contributed by atoms with Gasteiger partial charge in [-0.3, -0.25) is 4.90 Å². The number of piperazine rings is 1. The number of benzene rings is 1. The summed E-state index contributed by atoms with van der Waals surface area (Å²) in [7, 11) is 0.